The molecule has 0 saturated carbocycles. The second-order valence-electron chi connectivity index (χ2n) is 4.66. The van der Waals surface area contributed by atoms with Gasteiger partial charge >= 0.3 is 0 Å². The van der Waals surface area contributed by atoms with Crippen LogP contribution in [0.3, 0.4) is 0 Å². The lowest BCUT2D eigenvalue weighted by Gasteiger charge is -2.08. The van der Waals surface area contributed by atoms with Crippen molar-refractivity contribution in [1.29, 1.82) is 0 Å². The van der Waals surface area contributed by atoms with E-state index >= 15 is 0 Å². The molecular weight excluding hydrogens is 268 g/mol. The Hall–Kier alpha value is -1.81. The summed E-state index contributed by atoms with van der Waals surface area (Å²) in [4.78, 5) is 12.9. The molecule has 0 radical (unpaired) electrons. The van der Waals surface area contributed by atoms with Gasteiger partial charge in [-0.05, 0) is 42.1 Å². The first kappa shape index (κ1) is 14.6. The van der Waals surface area contributed by atoms with E-state index < -0.39 is 0 Å². The van der Waals surface area contributed by atoms with Gasteiger partial charge in [-0.15, -0.1) is 11.3 Å². The molecule has 0 spiro atoms. The monoisotopic (exact) mass is 288 g/mol. The van der Waals surface area contributed by atoms with Gasteiger partial charge in [-0.2, -0.15) is 0 Å². The maximum absolute atomic E-state index is 11.9. The number of unbranched alkanes of at least 4 members (excludes halogenated alkanes) is 1. The Bertz CT molecular complexity index is 520. The van der Waals surface area contributed by atoms with Gasteiger partial charge in [0.05, 0.1) is 6.42 Å². The van der Waals surface area contributed by atoms with Crippen molar-refractivity contribution in [3.63, 3.8) is 0 Å². The lowest BCUT2D eigenvalue weighted by Crippen LogP contribution is -2.13. The minimum absolute atomic E-state index is 0.0270. The Morgan fingerprint density at radius 2 is 1.90 bits per heavy atom. The minimum Gasteiger partial charge on any atom is -0.385 e. The van der Waals surface area contributed by atoms with Crippen molar-refractivity contribution in [2.75, 3.05) is 17.2 Å². The predicted molar refractivity (Wildman–Crippen MR) is 86.5 cm³/mol. The van der Waals surface area contributed by atoms with Crippen molar-refractivity contribution in [2.24, 2.45) is 0 Å². The Morgan fingerprint density at radius 1 is 1.15 bits per heavy atom. The molecule has 2 N–H and O–H groups in total. The number of benzene rings is 1. The molecule has 0 saturated heterocycles. The van der Waals surface area contributed by atoms with Gasteiger partial charge in [0.25, 0.3) is 0 Å². The zero-order chi connectivity index (χ0) is 14.2. The second-order valence-corrected chi connectivity index (χ2v) is 5.69. The number of nitrogens with one attached hydrogen (secondary N) is 2. The number of hydrogen-bond donors (Lipinski definition) is 2. The smallest absolute Gasteiger partial charge is 0.229 e. The van der Waals surface area contributed by atoms with E-state index in [1.165, 1.54) is 12.8 Å². The standard InChI is InChI=1S/C16H20N2OS/c1-2-3-10-17-13-6-8-14(9-7-13)18-16(19)12-15-5-4-11-20-15/h4-9,11,17H,2-3,10,12H2,1H3,(H,18,19). The van der Waals surface area contributed by atoms with Crippen LogP contribution in [-0.2, 0) is 11.2 Å². The number of carbonyl (C=O) groups is 1. The molecule has 20 heavy (non-hydrogen) atoms. The molecule has 3 nitrogen and oxygen atoms in total. The molecule has 0 aliphatic heterocycles. The topological polar surface area (TPSA) is 41.1 Å². The van der Waals surface area contributed by atoms with Crippen LogP contribution < -0.4 is 10.6 Å². The number of thiophene rings is 1. The minimum atomic E-state index is 0.0270. The van der Waals surface area contributed by atoms with Gasteiger partial charge in [0, 0.05) is 22.8 Å². The maximum atomic E-state index is 11.9. The van der Waals surface area contributed by atoms with E-state index in [1.807, 2.05) is 41.8 Å². The Kier molecular flexibility index (Phi) is 5.62. The molecule has 0 aliphatic carbocycles. The number of anilines is 2. The van der Waals surface area contributed by atoms with Crippen LogP contribution in [0.1, 0.15) is 24.6 Å². The molecule has 1 amide bonds. The average molecular weight is 288 g/mol. The first-order valence-electron chi connectivity index (χ1n) is 6.94. The van der Waals surface area contributed by atoms with Gasteiger partial charge in [0.15, 0.2) is 0 Å². The summed E-state index contributed by atoms with van der Waals surface area (Å²) < 4.78 is 0. The van der Waals surface area contributed by atoms with Crippen LogP contribution in [0.2, 0.25) is 0 Å². The Balaban J connectivity index is 1.82. The quantitative estimate of drug-likeness (QED) is 0.752. The second kappa shape index (κ2) is 7.70. The highest BCUT2D eigenvalue weighted by molar-refractivity contribution is 7.10. The fraction of sp³-hybridized carbons (Fsp3) is 0.312. The van der Waals surface area contributed by atoms with Crippen LogP contribution in [0, 0.1) is 0 Å². The number of hydrogen-bond acceptors (Lipinski definition) is 3. The van der Waals surface area contributed by atoms with Gasteiger partial charge in [0.2, 0.25) is 5.91 Å². The van der Waals surface area contributed by atoms with E-state index in [1.54, 1.807) is 11.3 Å². The summed E-state index contributed by atoms with van der Waals surface area (Å²) in [6, 6.07) is 11.8. The van der Waals surface area contributed by atoms with Gasteiger partial charge in [-0.3, -0.25) is 4.79 Å². The van der Waals surface area contributed by atoms with Gasteiger partial charge in [-0.1, -0.05) is 19.4 Å². The highest BCUT2D eigenvalue weighted by Gasteiger charge is 2.04. The lowest BCUT2D eigenvalue weighted by molar-refractivity contribution is -0.115. The molecule has 0 bridgehead atoms. The SMILES string of the molecule is CCCCNc1ccc(NC(=O)Cc2cccs2)cc1. The zero-order valence-corrected chi connectivity index (χ0v) is 12.5. The zero-order valence-electron chi connectivity index (χ0n) is 11.7. The third-order valence-electron chi connectivity index (χ3n) is 2.94. The van der Waals surface area contributed by atoms with E-state index in [9.17, 15) is 4.79 Å². The molecule has 2 rings (SSSR count). The van der Waals surface area contributed by atoms with Crippen LogP contribution in [-0.4, -0.2) is 12.5 Å². The predicted octanol–water partition coefficient (Wildman–Crippen LogP) is 4.14. The molecule has 0 unspecified atom stereocenters. The molecule has 0 aliphatic rings. The first-order chi connectivity index (χ1) is 9.78. The van der Waals surface area contributed by atoms with Crippen molar-refractivity contribution < 1.29 is 4.79 Å². The molecule has 1 heterocycles. The van der Waals surface area contributed by atoms with Gasteiger partial charge < -0.3 is 10.6 Å². The molecule has 4 heteroatoms. The van der Waals surface area contributed by atoms with Crippen molar-refractivity contribution in [2.45, 2.75) is 26.2 Å². The van der Waals surface area contributed by atoms with Crippen LogP contribution >= 0.6 is 11.3 Å². The summed E-state index contributed by atoms with van der Waals surface area (Å²) >= 11 is 1.60. The summed E-state index contributed by atoms with van der Waals surface area (Å²) in [5, 5.41) is 8.25. The van der Waals surface area contributed by atoms with Crippen molar-refractivity contribution >= 4 is 28.6 Å². The fourth-order valence-electron chi connectivity index (χ4n) is 1.86. The van der Waals surface area contributed by atoms with Crippen molar-refractivity contribution in [1.82, 2.24) is 0 Å². The Morgan fingerprint density at radius 3 is 2.55 bits per heavy atom. The molecule has 0 fully saturated rings. The van der Waals surface area contributed by atoms with E-state index in [0.717, 1.165) is 22.8 Å². The van der Waals surface area contributed by atoms with Gasteiger partial charge in [0.1, 0.15) is 0 Å². The number of carbonyl (C=O) groups excluding carboxylic acids is 1. The highest BCUT2D eigenvalue weighted by Crippen LogP contribution is 2.15. The summed E-state index contributed by atoms with van der Waals surface area (Å²) in [5.74, 6) is 0.0270. The summed E-state index contributed by atoms with van der Waals surface area (Å²) in [6.07, 6.45) is 2.79. The highest BCUT2D eigenvalue weighted by atomic mass is 32.1. The third-order valence-corrected chi connectivity index (χ3v) is 3.82. The van der Waals surface area contributed by atoms with Gasteiger partial charge in [-0.25, -0.2) is 0 Å². The maximum Gasteiger partial charge on any atom is 0.229 e. The third kappa shape index (κ3) is 4.70. The molecule has 1 aromatic heterocycles. The lowest BCUT2D eigenvalue weighted by atomic mass is 10.2. The first-order valence-corrected chi connectivity index (χ1v) is 7.82. The van der Waals surface area contributed by atoms with E-state index in [4.69, 9.17) is 0 Å². The summed E-state index contributed by atoms with van der Waals surface area (Å²) in [5.41, 5.74) is 1.93. The number of rotatable bonds is 7. The molecule has 1 aromatic carbocycles. The van der Waals surface area contributed by atoms with Crippen LogP contribution in [0.25, 0.3) is 0 Å². The summed E-state index contributed by atoms with van der Waals surface area (Å²) in [7, 11) is 0. The van der Waals surface area contributed by atoms with Crippen molar-refractivity contribution in [3.05, 3.63) is 46.7 Å². The normalized spacial score (nSPS) is 10.2. The summed E-state index contributed by atoms with van der Waals surface area (Å²) in [6.45, 7) is 3.16. The number of amides is 1. The molecule has 106 valence electrons. The Labute approximate surface area is 124 Å². The fourth-order valence-corrected chi connectivity index (χ4v) is 2.56. The van der Waals surface area contributed by atoms with Crippen molar-refractivity contribution in [3.8, 4) is 0 Å². The van der Waals surface area contributed by atoms with Crippen LogP contribution in [0.15, 0.2) is 41.8 Å². The largest absolute Gasteiger partial charge is 0.385 e. The van der Waals surface area contributed by atoms with E-state index in [-0.39, 0.29) is 5.91 Å². The van der Waals surface area contributed by atoms with E-state index in [2.05, 4.69) is 17.6 Å². The van der Waals surface area contributed by atoms with Crippen LogP contribution in [0.4, 0.5) is 11.4 Å². The van der Waals surface area contributed by atoms with E-state index in [0.29, 0.717) is 6.42 Å². The molecule has 0 atom stereocenters. The van der Waals surface area contributed by atoms with Crippen LogP contribution in [0.5, 0.6) is 0 Å². The average Bonchev–Trinajstić information content (AvgIpc) is 2.94. The molecule has 2 aromatic rings. The molecular formula is C16H20N2OS.